The van der Waals surface area contributed by atoms with Gasteiger partial charge in [-0.05, 0) is 41.7 Å². The number of carbonyl (C=O) groups excluding carboxylic acids is 2. The Morgan fingerprint density at radius 2 is 1.83 bits per heavy atom. The summed E-state index contributed by atoms with van der Waals surface area (Å²) in [7, 11) is 0. The third-order valence-corrected chi connectivity index (χ3v) is 5.98. The van der Waals surface area contributed by atoms with Crippen molar-refractivity contribution in [3.05, 3.63) is 59.9 Å². The van der Waals surface area contributed by atoms with Crippen LogP contribution in [0.15, 0.2) is 48.5 Å². The molecule has 2 N–H and O–H groups in total. The zero-order chi connectivity index (χ0) is 20.5. The Morgan fingerprint density at radius 3 is 2.41 bits per heavy atom. The minimum absolute atomic E-state index is 0.0427. The maximum absolute atomic E-state index is 13.5. The van der Waals surface area contributed by atoms with Gasteiger partial charge in [-0.15, -0.1) is 0 Å². The number of aliphatic hydroxyl groups excluding tert-OH is 1. The predicted molar refractivity (Wildman–Crippen MR) is 107 cm³/mol. The molecule has 1 aliphatic carbocycles. The number of rotatable bonds is 6. The summed E-state index contributed by atoms with van der Waals surface area (Å²) in [4.78, 5) is 25.8. The maximum atomic E-state index is 13.5. The molecule has 1 saturated heterocycles. The molecular weight excluding hydrogens is 371 g/mol. The first-order chi connectivity index (χ1) is 14.0. The molecule has 2 aliphatic rings. The van der Waals surface area contributed by atoms with Crippen molar-refractivity contribution in [1.82, 2.24) is 10.2 Å². The average Bonchev–Trinajstić information content (AvgIpc) is 3.53. The van der Waals surface area contributed by atoms with Crippen LogP contribution in [0, 0.1) is 11.7 Å². The SMILES string of the molecule is CC(=O)N1[C@H](CO)[C@H](c2ccc(-c3cccc(F)c3)cc2)[C@@H]1CNC(=O)C1CC1. The van der Waals surface area contributed by atoms with Crippen LogP contribution in [-0.2, 0) is 9.59 Å². The fraction of sp³-hybridized carbons (Fsp3) is 0.391. The lowest BCUT2D eigenvalue weighted by Gasteiger charge is -2.54. The number of nitrogens with zero attached hydrogens (tertiary/aromatic N) is 1. The fourth-order valence-electron chi connectivity index (χ4n) is 4.35. The molecule has 6 heteroatoms. The number of nitrogens with one attached hydrogen (secondary N) is 1. The van der Waals surface area contributed by atoms with Gasteiger partial charge in [0, 0.05) is 25.3 Å². The van der Waals surface area contributed by atoms with E-state index >= 15 is 0 Å². The highest BCUT2D eigenvalue weighted by molar-refractivity contribution is 5.81. The second-order valence-corrected chi connectivity index (χ2v) is 7.92. The lowest BCUT2D eigenvalue weighted by atomic mass is 9.74. The smallest absolute Gasteiger partial charge is 0.223 e. The zero-order valence-electron chi connectivity index (χ0n) is 16.3. The highest BCUT2D eigenvalue weighted by Gasteiger charge is 2.50. The van der Waals surface area contributed by atoms with Crippen LogP contribution in [0.4, 0.5) is 4.39 Å². The van der Waals surface area contributed by atoms with Crippen LogP contribution in [0.5, 0.6) is 0 Å². The number of aliphatic hydroxyl groups is 1. The number of benzene rings is 2. The van der Waals surface area contributed by atoms with Crippen molar-refractivity contribution >= 4 is 11.8 Å². The third-order valence-electron chi connectivity index (χ3n) is 5.98. The highest BCUT2D eigenvalue weighted by Crippen LogP contribution is 2.41. The Labute approximate surface area is 169 Å². The third kappa shape index (κ3) is 3.90. The average molecular weight is 396 g/mol. The molecule has 2 aromatic carbocycles. The van der Waals surface area contributed by atoms with Crippen molar-refractivity contribution in [1.29, 1.82) is 0 Å². The molecule has 2 aromatic rings. The van der Waals surface area contributed by atoms with Crippen molar-refractivity contribution in [2.75, 3.05) is 13.2 Å². The van der Waals surface area contributed by atoms with Gasteiger partial charge in [0.05, 0.1) is 18.7 Å². The van der Waals surface area contributed by atoms with Gasteiger partial charge >= 0.3 is 0 Å². The molecule has 1 aliphatic heterocycles. The monoisotopic (exact) mass is 396 g/mol. The summed E-state index contributed by atoms with van der Waals surface area (Å²) in [6.07, 6.45) is 1.86. The van der Waals surface area contributed by atoms with E-state index < -0.39 is 0 Å². The van der Waals surface area contributed by atoms with Gasteiger partial charge in [-0.25, -0.2) is 4.39 Å². The first-order valence-corrected chi connectivity index (χ1v) is 10.0. The van der Waals surface area contributed by atoms with E-state index in [0.717, 1.165) is 29.5 Å². The molecule has 3 atom stereocenters. The van der Waals surface area contributed by atoms with Crippen molar-refractivity contribution in [3.63, 3.8) is 0 Å². The first-order valence-electron chi connectivity index (χ1n) is 10.0. The van der Waals surface area contributed by atoms with E-state index in [4.69, 9.17) is 0 Å². The fourth-order valence-corrected chi connectivity index (χ4v) is 4.35. The summed E-state index contributed by atoms with van der Waals surface area (Å²) in [5.74, 6) is -0.304. The van der Waals surface area contributed by atoms with Gasteiger partial charge < -0.3 is 15.3 Å². The lowest BCUT2D eigenvalue weighted by molar-refractivity contribution is -0.148. The predicted octanol–water partition coefficient (Wildman–Crippen LogP) is 2.69. The molecule has 29 heavy (non-hydrogen) atoms. The second-order valence-electron chi connectivity index (χ2n) is 7.92. The Balaban J connectivity index is 1.54. The van der Waals surface area contributed by atoms with E-state index in [0.29, 0.717) is 6.54 Å². The molecule has 5 nitrogen and oxygen atoms in total. The molecule has 152 valence electrons. The maximum Gasteiger partial charge on any atom is 0.223 e. The molecule has 2 fully saturated rings. The normalized spacial score (nSPS) is 23.4. The van der Waals surface area contributed by atoms with Crippen LogP contribution in [-0.4, -0.2) is 47.1 Å². The van der Waals surface area contributed by atoms with Gasteiger partial charge in [-0.2, -0.15) is 0 Å². The van der Waals surface area contributed by atoms with E-state index in [2.05, 4.69) is 5.32 Å². The molecular formula is C23H25FN2O3. The van der Waals surface area contributed by atoms with Crippen molar-refractivity contribution < 1.29 is 19.1 Å². The molecule has 2 amide bonds. The molecule has 1 heterocycles. The van der Waals surface area contributed by atoms with Crippen LogP contribution in [0.3, 0.4) is 0 Å². The Hall–Kier alpha value is -2.73. The van der Waals surface area contributed by atoms with E-state index in [1.807, 2.05) is 30.3 Å². The van der Waals surface area contributed by atoms with Gasteiger partial charge in [0.2, 0.25) is 11.8 Å². The van der Waals surface area contributed by atoms with E-state index in [1.54, 1.807) is 11.0 Å². The zero-order valence-corrected chi connectivity index (χ0v) is 16.3. The largest absolute Gasteiger partial charge is 0.394 e. The number of hydrogen-bond acceptors (Lipinski definition) is 3. The molecule has 0 spiro atoms. The van der Waals surface area contributed by atoms with E-state index in [1.165, 1.54) is 19.1 Å². The van der Waals surface area contributed by atoms with Crippen molar-refractivity contribution in [3.8, 4) is 11.1 Å². The summed E-state index contributed by atoms with van der Waals surface area (Å²) in [6, 6.07) is 13.7. The van der Waals surface area contributed by atoms with Gasteiger partial charge in [0.15, 0.2) is 0 Å². The minimum atomic E-state index is -0.310. The molecule has 1 saturated carbocycles. The Bertz CT molecular complexity index is 911. The topological polar surface area (TPSA) is 69.6 Å². The van der Waals surface area contributed by atoms with E-state index in [-0.39, 0.29) is 48.2 Å². The van der Waals surface area contributed by atoms with Gasteiger partial charge in [0.25, 0.3) is 0 Å². The highest BCUT2D eigenvalue weighted by atomic mass is 19.1. The van der Waals surface area contributed by atoms with Gasteiger partial charge in [0.1, 0.15) is 5.82 Å². The number of carbonyl (C=O) groups is 2. The second kappa shape index (κ2) is 7.95. The van der Waals surface area contributed by atoms with Crippen LogP contribution < -0.4 is 5.32 Å². The Morgan fingerprint density at radius 1 is 1.10 bits per heavy atom. The molecule has 0 aromatic heterocycles. The summed E-state index contributed by atoms with van der Waals surface area (Å²) in [6.45, 7) is 1.73. The van der Waals surface area contributed by atoms with Gasteiger partial charge in [-0.3, -0.25) is 9.59 Å². The lowest BCUT2D eigenvalue weighted by Crippen LogP contribution is -2.68. The standard InChI is InChI=1S/C23H25FN2O3/c1-14(28)26-20(12-25-23(29)17-9-10-17)22(21(26)13-27)16-7-5-15(6-8-16)18-3-2-4-19(24)11-18/h2-8,11,17,20-22,27H,9-10,12-13H2,1H3,(H,25,29)/t20-,21+,22+/m0/s1. The first kappa shape index (κ1) is 19.6. The number of hydrogen-bond donors (Lipinski definition) is 2. The van der Waals surface area contributed by atoms with Crippen LogP contribution in [0.25, 0.3) is 11.1 Å². The summed E-state index contributed by atoms with van der Waals surface area (Å²) in [5, 5.41) is 12.8. The minimum Gasteiger partial charge on any atom is -0.394 e. The number of amides is 2. The van der Waals surface area contributed by atoms with Gasteiger partial charge in [-0.1, -0.05) is 36.4 Å². The molecule has 0 unspecified atom stereocenters. The van der Waals surface area contributed by atoms with Crippen LogP contribution in [0.2, 0.25) is 0 Å². The summed E-state index contributed by atoms with van der Waals surface area (Å²) < 4.78 is 13.5. The van der Waals surface area contributed by atoms with Crippen LogP contribution in [0.1, 0.15) is 31.2 Å². The number of likely N-dealkylation sites (tertiary alicyclic amines) is 1. The molecule has 4 rings (SSSR count). The quantitative estimate of drug-likeness (QED) is 0.789. The van der Waals surface area contributed by atoms with Crippen molar-refractivity contribution in [2.24, 2.45) is 5.92 Å². The summed E-state index contributed by atoms with van der Waals surface area (Å²) >= 11 is 0. The molecule has 0 bridgehead atoms. The van der Waals surface area contributed by atoms with Crippen molar-refractivity contribution in [2.45, 2.75) is 37.8 Å². The summed E-state index contributed by atoms with van der Waals surface area (Å²) in [5.41, 5.74) is 2.69. The van der Waals surface area contributed by atoms with Crippen LogP contribution >= 0.6 is 0 Å². The van der Waals surface area contributed by atoms with E-state index in [9.17, 15) is 19.1 Å². The molecule has 0 radical (unpaired) electrons. The Kier molecular flexibility index (Phi) is 5.37. The number of halogens is 1.